The van der Waals surface area contributed by atoms with Gasteiger partial charge in [-0.2, -0.15) is 0 Å². The minimum Gasteiger partial charge on any atom is -0.480 e. The molecule has 0 aromatic carbocycles. The number of carboxylic acids is 1. The third-order valence-electron chi connectivity index (χ3n) is 4.98. The zero-order valence-corrected chi connectivity index (χ0v) is 19.5. The van der Waals surface area contributed by atoms with Crippen LogP contribution in [-0.4, -0.2) is 69.5 Å². The maximum atomic E-state index is 13.1. The summed E-state index contributed by atoms with van der Waals surface area (Å²) in [6.45, 7) is 5.64. The molecule has 4 atom stereocenters. The molecule has 0 radical (unpaired) electrons. The van der Waals surface area contributed by atoms with Crippen LogP contribution in [0.15, 0.2) is 12.5 Å². The number of nitrogens with two attached hydrogens (primary N) is 2. The van der Waals surface area contributed by atoms with E-state index in [0.29, 0.717) is 37.9 Å². The van der Waals surface area contributed by atoms with Gasteiger partial charge < -0.3 is 37.5 Å². The van der Waals surface area contributed by atoms with E-state index in [1.165, 1.54) is 19.4 Å². The highest BCUT2D eigenvalue weighted by molar-refractivity contribution is 5.94. The SMILES string of the molecule is CC(C)CC(N)C(=O)NC(CCCCN)C(=O)NC(Cc1cnc[nH]1)C(=O)NC(C)C(=O)O. The van der Waals surface area contributed by atoms with Crippen molar-refractivity contribution < 1.29 is 24.3 Å². The normalized spacial score (nSPS) is 14.7. The van der Waals surface area contributed by atoms with Gasteiger partial charge in [-0.3, -0.25) is 19.2 Å². The van der Waals surface area contributed by atoms with Crippen LogP contribution in [0.3, 0.4) is 0 Å². The molecule has 0 spiro atoms. The van der Waals surface area contributed by atoms with Crippen LogP contribution < -0.4 is 27.4 Å². The number of aliphatic carboxylic acids is 1. The minimum absolute atomic E-state index is 0.0558. The number of imidazole rings is 1. The Morgan fingerprint density at radius 1 is 1.03 bits per heavy atom. The summed E-state index contributed by atoms with van der Waals surface area (Å²) in [4.78, 5) is 56.2. The number of H-pyrrole nitrogens is 1. The number of aromatic nitrogens is 2. The van der Waals surface area contributed by atoms with Crippen molar-refractivity contribution in [2.75, 3.05) is 6.54 Å². The monoisotopic (exact) mass is 467 g/mol. The Morgan fingerprint density at radius 2 is 1.67 bits per heavy atom. The molecule has 1 rings (SSSR count). The van der Waals surface area contributed by atoms with Crippen LogP contribution in [0, 0.1) is 5.92 Å². The average molecular weight is 468 g/mol. The van der Waals surface area contributed by atoms with E-state index in [1.54, 1.807) is 0 Å². The number of nitrogens with one attached hydrogen (secondary N) is 4. The van der Waals surface area contributed by atoms with Gasteiger partial charge >= 0.3 is 5.97 Å². The topological polar surface area (TPSA) is 205 Å². The van der Waals surface area contributed by atoms with E-state index < -0.39 is 47.9 Å². The molecule has 1 aromatic rings. The second kappa shape index (κ2) is 14.2. The van der Waals surface area contributed by atoms with E-state index in [9.17, 15) is 19.2 Å². The number of aromatic amines is 1. The Morgan fingerprint density at radius 3 is 2.21 bits per heavy atom. The maximum absolute atomic E-state index is 13.1. The van der Waals surface area contributed by atoms with Gasteiger partial charge in [0, 0.05) is 18.3 Å². The molecule has 1 heterocycles. The number of unbranched alkanes of at least 4 members (excludes halogenated alkanes) is 1. The van der Waals surface area contributed by atoms with Gasteiger partial charge in [-0.1, -0.05) is 13.8 Å². The van der Waals surface area contributed by atoms with Crippen LogP contribution in [0.4, 0.5) is 0 Å². The lowest BCUT2D eigenvalue weighted by Gasteiger charge is -2.25. The summed E-state index contributed by atoms with van der Waals surface area (Å²) >= 11 is 0. The van der Waals surface area contributed by atoms with Crippen molar-refractivity contribution in [3.63, 3.8) is 0 Å². The van der Waals surface area contributed by atoms with Crippen LogP contribution in [0.5, 0.6) is 0 Å². The summed E-state index contributed by atoms with van der Waals surface area (Å²) in [6, 6.07) is -3.92. The lowest BCUT2D eigenvalue weighted by Crippen LogP contribution is -2.57. The number of carbonyl (C=O) groups excluding carboxylic acids is 3. The number of carbonyl (C=O) groups is 4. The second-order valence-electron chi connectivity index (χ2n) is 8.49. The molecule has 0 aliphatic heterocycles. The van der Waals surface area contributed by atoms with Crippen molar-refractivity contribution in [1.29, 1.82) is 0 Å². The Labute approximate surface area is 193 Å². The molecule has 0 bridgehead atoms. The number of carboxylic acid groups (broad SMARTS) is 1. The Bertz CT molecular complexity index is 769. The van der Waals surface area contributed by atoms with Gasteiger partial charge in [0.05, 0.1) is 12.4 Å². The number of rotatable bonds is 15. The zero-order valence-electron chi connectivity index (χ0n) is 19.5. The van der Waals surface area contributed by atoms with Gasteiger partial charge in [-0.05, 0) is 45.1 Å². The van der Waals surface area contributed by atoms with Crippen molar-refractivity contribution in [1.82, 2.24) is 25.9 Å². The fourth-order valence-electron chi connectivity index (χ4n) is 3.13. The van der Waals surface area contributed by atoms with Crippen LogP contribution >= 0.6 is 0 Å². The molecular formula is C21H37N7O5. The molecule has 0 aliphatic rings. The summed E-state index contributed by atoms with van der Waals surface area (Å²) in [7, 11) is 0. The highest BCUT2D eigenvalue weighted by atomic mass is 16.4. The standard InChI is InChI=1S/C21H37N7O5/c1-12(2)8-15(23)18(29)27-16(6-4-5-7-22)19(30)28-17(9-14-10-24-11-25-14)20(31)26-13(3)21(32)33/h10-13,15-17H,4-9,22-23H2,1-3H3,(H,24,25)(H,26,31)(H,27,29)(H,28,30)(H,32,33). The number of nitrogens with zero attached hydrogens (tertiary/aromatic N) is 1. The third kappa shape index (κ3) is 10.4. The fraction of sp³-hybridized carbons (Fsp3) is 0.667. The third-order valence-corrected chi connectivity index (χ3v) is 4.98. The highest BCUT2D eigenvalue weighted by Gasteiger charge is 2.29. The van der Waals surface area contributed by atoms with Crippen LogP contribution in [0.1, 0.15) is 52.1 Å². The molecule has 1 aromatic heterocycles. The number of hydrogen-bond donors (Lipinski definition) is 7. The predicted molar refractivity (Wildman–Crippen MR) is 122 cm³/mol. The smallest absolute Gasteiger partial charge is 0.325 e. The highest BCUT2D eigenvalue weighted by Crippen LogP contribution is 2.07. The summed E-state index contributed by atoms with van der Waals surface area (Å²) < 4.78 is 0. The lowest BCUT2D eigenvalue weighted by molar-refractivity contribution is -0.141. The molecule has 3 amide bonds. The summed E-state index contributed by atoms with van der Waals surface area (Å²) in [5, 5.41) is 16.8. The molecule has 0 saturated heterocycles. The summed E-state index contributed by atoms with van der Waals surface area (Å²) in [5.41, 5.74) is 12.1. The fourth-order valence-corrected chi connectivity index (χ4v) is 3.13. The first-order chi connectivity index (χ1) is 15.5. The Balaban J connectivity index is 2.97. The van der Waals surface area contributed by atoms with Crippen LogP contribution in [0.25, 0.3) is 0 Å². The zero-order chi connectivity index (χ0) is 25.0. The number of hydrogen-bond acceptors (Lipinski definition) is 7. The van der Waals surface area contributed by atoms with E-state index in [-0.39, 0.29) is 12.3 Å². The average Bonchev–Trinajstić information content (AvgIpc) is 3.24. The molecular weight excluding hydrogens is 430 g/mol. The lowest BCUT2D eigenvalue weighted by atomic mass is 10.0. The molecule has 12 heteroatoms. The van der Waals surface area contributed by atoms with Gasteiger partial charge in [-0.25, -0.2) is 4.98 Å². The first kappa shape index (κ1) is 28.0. The summed E-state index contributed by atoms with van der Waals surface area (Å²) in [5.74, 6) is -2.70. The van der Waals surface area contributed by atoms with Crippen molar-refractivity contribution in [2.24, 2.45) is 17.4 Å². The van der Waals surface area contributed by atoms with E-state index in [0.717, 1.165) is 0 Å². The Hall–Kier alpha value is -2.99. The van der Waals surface area contributed by atoms with Gasteiger partial charge in [0.25, 0.3) is 0 Å². The van der Waals surface area contributed by atoms with E-state index in [4.69, 9.17) is 16.6 Å². The van der Waals surface area contributed by atoms with Crippen molar-refractivity contribution >= 4 is 23.7 Å². The molecule has 0 aliphatic carbocycles. The number of amides is 3. The van der Waals surface area contributed by atoms with Crippen molar-refractivity contribution in [2.45, 2.75) is 77.0 Å². The molecule has 9 N–H and O–H groups in total. The Kier molecular flexibility index (Phi) is 12.1. The summed E-state index contributed by atoms with van der Waals surface area (Å²) in [6.07, 6.45) is 5.00. The molecule has 0 fully saturated rings. The second-order valence-corrected chi connectivity index (χ2v) is 8.49. The largest absolute Gasteiger partial charge is 0.480 e. The maximum Gasteiger partial charge on any atom is 0.325 e. The molecule has 4 unspecified atom stereocenters. The van der Waals surface area contributed by atoms with Crippen molar-refractivity contribution in [3.8, 4) is 0 Å². The van der Waals surface area contributed by atoms with Crippen LogP contribution in [0.2, 0.25) is 0 Å². The molecule has 12 nitrogen and oxygen atoms in total. The first-order valence-electron chi connectivity index (χ1n) is 11.1. The van der Waals surface area contributed by atoms with Crippen LogP contribution in [-0.2, 0) is 25.6 Å². The molecule has 33 heavy (non-hydrogen) atoms. The van der Waals surface area contributed by atoms with Gasteiger partial charge in [0.2, 0.25) is 17.7 Å². The molecule has 0 saturated carbocycles. The van der Waals surface area contributed by atoms with E-state index >= 15 is 0 Å². The first-order valence-corrected chi connectivity index (χ1v) is 11.1. The minimum atomic E-state index is -1.21. The quantitative estimate of drug-likeness (QED) is 0.159. The van der Waals surface area contributed by atoms with E-state index in [2.05, 4.69) is 25.9 Å². The molecule has 186 valence electrons. The van der Waals surface area contributed by atoms with Gasteiger partial charge in [0.15, 0.2) is 0 Å². The van der Waals surface area contributed by atoms with Gasteiger partial charge in [0.1, 0.15) is 18.1 Å². The van der Waals surface area contributed by atoms with Crippen molar-refractivity contribution in [3.05, 3.63) is 18.2 Å². The van der Waals surface area contributed by atoms with E-state index in [1.807, 2.05) is 13.8 Å². The van der Waals surface area contributed by atoms with Gasteiger partial charge in [-0.15, -0.1) is 0 Å². The predicted octanol–water partition coefficient (Wildman–Crippen LogP) is -0.986.